The minimum absolute atomic E-state index is 0.0190. The van der Waals surface area contributed by atoms with Crippen molar-refractivity contribution in [3.63, 3.8) is 0 Å². The molecule has 0 fully saturated rings. The highest BCUT2D eigenvalue weighted by atomic mass is 35.5. The van der Waals surface area contributed by atoms with Crippen LogP contribution in [-0.2, 0) is 16.3 Å². The van der Waals surface area contributed by atoms with Crippen molar-refractivity contribution in [1.29, 1.82) is 0 Å². The number of sulfone groups is 1. The summed E-state index contributed by atoms with van der Waals surface area (Å²) in [5.41, 5.74) is 1.88. The van der Waals surface area contributed by atoms with Gasteiger partial charge in [-0.1, -0.05) is 42.3 Å². The van der Waals surface area contributed by atoms with E-state index in [1.807, 2.05) is 19.1 Å². The first kappa shape index (κ1) is 28.5. The Bertz CT molecular complexity index is 1580. The van der Waals surface area contributed by atoms with Crippen molar-refractivity contribution in [3.05, 3.63) is 110 Å². The Hall–Kier alpha value is -3.07. The lowest BCUT2D eigenvalue weighted by Crippen LogP contribution is -2.21. The van der Waals surface area contributed by atoms with E-state index >= 15 is 4.39 Å². The van der Waals surface area contributed by atoms with Gasteiger partial charge in [0.25, 0.3) is 5.56 Å². The topological polar surface area (TPSA) is 81.4 Å². The van der Waals surface area contributed by atoms with Crippen molar-refractivity contribution < 1.29 is 12.8 Å². The van der Waals surface area contributed by atoms with Crippen LogP contribution < -0.4 is 5.56 Å². The highest BCUT2D eigenvalue weighted by molar-refractivity contribution is 7.90. The number of aryl methyl sites for hydroxylation is 1. The minimum Gasteiger partial charge on any atom is -0.287 e. The molecule has 0 aliphatic carbocycles. The van der Waals surface area contributed by atoms with E-state index in [0.717, 1.165) is 11.8 Å². The first-order valence-corrected chi connectivity index (χ1v) is 14.0. The van der Waals surface area contributed by atoms with Crippen LogP contribution in [0.25, 0.3) is 6.20 Å². The van der Waals surface area contributed by atoms with Gasteiger partial charge in [-0.15, -0.1) is 0 Å². The summed E-state index contributed by atoms with van der Waals surface area (Å²) >= 11 is 12.5. The van der Waals surface area contributed by atoms with E-state index in [0.29, 0.717) is 22.7 Å². The van der Waals surface area contributed by atoms with Crippen molar-refractivity contribution in [2.75, 3.05) is 6.26 Å². The summed E-state index contributed by atoms with van der Waals surface area (Å²) in [4.78, 5) is 21.1. The van der Waals surface area contributed by atoms with E-state index in [2.05, 4.69) is 9.98 Å². The van der Waals surface area contributed by atoms with Gasteiger partial charge < -0.3 is 0 Å². The van der Waals surface area contributed by atoms with Crippen LogP contribution in [0.15, 0.2) is 75.8 Å². The Kier molecular flexibility index (Phi) is 9.23. The molecular formula is C27H26Cl2FN3O3S. The van der Waals surface area contributed by atoms with Gasteiger partial charge in [-0.3, -0.25) is 19.3 Å². The molecule has 6 nitrogen and oxygen atoms in total. The Morgan fingerprint density at radius 3 is 2.62 bits per heavy atom. The highest BCUT2D eigenvalue weighted by Gasteiger charge is 2.19. The number of pyridine rings is 2. The maximum atomic E-state index is 15.1. The monoisotopic (exact) mass is 561 g/mol. The molecule has 37 heavy (non-hydrogen) atoms. The maximum Gasteiger partial charge on any atom is 0.273 e. The molecule has 0 spiro atoms. The van der Waals surface area contributed by atoms with Crippen molar-refractivity contribution in [3.8, 4) is 0 Å². The molecule has 3 aromatic rings. The number of halogens is 3. The molecule has 0 aliphatic rings. The fourth-order valence-corrected chi connectivity index (χ4v) is 5.11. The summed E-state index contributed by atoms with van der Waals surface area (Å²) in [6, 6.07) is 7.70. The van der Waals surface area contributed by atoms with E-state index in [9.17, 15) is 13.2 Å². The molecule has 0 N–H and O–H groups in total. The molecule has 3 rings (SSSR count). The molecule has 10 heteroatoms. The van der Waals surface area contributed by atoms with Gasteiger partial charge in [0.05, 0.1) is 10.7 Å². The smallest absolute Gasteiger partial charge is 0.273 e. The summed E-state index contributed by atoms with van der Waals surface area (Å²) in [7, 11) is -3.79. The van der Waals surface area contributed by atoms with E-state index in [4.69, 9.17) is 23.2 Å². The third-order valence-corrected chi connectivity index (χ3v) is 7.32. The first-order valence-electron chi connectivity index (χ1n) is 11.3. The van der Waals surface area contributed by atoms with E-state index in [1.165, 1.54) is 41.2 Å². The number of rotatable bonds is 8. The van der Waals surface area contributed by atoms with Crippen LogP contribution in [0.5, 0.6) is 0 Å². The summed E-state index contributed by atoms with van der Waals surface area (Å²) in [6.45, 7) is 5.45. The molecule has 194 valence electrons. The molecule has 2 heterocycles. The Balaban J connectivity index is 2.02. The summed E-state index contributed by atoms with van der Waals surface area (Å²) in [5.74, 6) is -1.00. The van der Waals surface area contributed by atoms with Crippen LogP contribution in [-0.4, -0.2) is 29.9 Å². The van der Waals surface area contributed by atoms with Gasteiger partial charge in [0, 0.05) is 42.3 Å². The fraction of sp³-hybridized carbons (Fsp3) is 0.222. The van der Waals surface area contributed by atoms with E-state index in [-0.39, 0.29) is 22.2 Å². The number of hydrogen-bond donors (Lipinski definition) is 0. The Morgan fingerprint density at radius 2 is 1.97 bits per heavy atom. The Morgan fingerprint density at radius 1 is 1.24 bits per heavy atom. The zero-order valence-corrected chi connectivity index (χ0v) is 23.1. The molecule has 0 saturated carbocycles. The number of allylic oxidation sites excluding steroid dienone is 2. The van der Waals surface area contributed by atoms with E-state index < -0.39 is 26.1 Å². The number of nitrogens with zero attached hydrogens (tertiary/aromatic N) is 3. The first-order chi connectivity index (χ1) is 17.4. The van der Waals surface area contributed by atoms with Crippen molar-refractivity contribution in [2.24, 2.45) is 4.99 Å². The largest absolute Gasteiger partial charge is 0.287 e. The van der Waals surface area contributed by atoms with Crippen LogP contribution in [0.1, 0.15) is 42.1 Å². The van der Waals surface area contributed by atoms with Crippen molar-refractivity contribution in [2.45, 2.75) is 38.0 Å². The quantitative estimate of drug-likeness (QED) is 0.305. The molecule has 1 unspecified atom stereocenters. The lowest BCUT2D eigenvalue weighted by atomic mass is 9.94. The fourth-order valence-electron chi connectivity index (χ4n) is 3.82. The van der Waals surface area contributed by atoms with Crippen LogP contribution in [0.3, 0.4) is 0 Å². The molecular weight excluding hydrogens is 536 g/mol. The summed E-state index contributed by atoms with van der Waals surface area (Å²) in [6.07, 6.45) is 10.8. The lowest BCUT2D eigenvalue weighted by molar-refractivity contribution is 0.569. The normalized spacial score (nSPS) is 13.5. The van der Waals surface area contributed by atoms with Gasteiger partial charge >= 0.3 is 0 Å². The average molecular weight is 562 g/mol. The van der Waals surface area contributed by atoms with Crippen LogP contribution in [0, 0.1) is 12.7 Å². The molecule has 0 amide bonds. The SMILES string of the molecule is C/C=C/N=C(/C=C/n1c(C)cc(C(C)Cc2cncc(Cl)c2)c(Cl)c1=O)c1cccc(S(C)(=O)=O)c1F. The second-order valence-electron chi connectivity index (χ2n) is 8.55. The second kappa shape index (κ2) is 12.0. The molecule has 2 aromatic heterocycles. The highest BCUT2D eigenvalue weighted by Crippen LogP contribution is 2.27. The predicted molar refractivity (Wildman–Crippen MR) is 148 cm³/mol. The maximum absolute atomic E-state index is 15.1. The zero-order chi connectivity index (χ0) is 27.3. The van der Waals surface area contributed by atoms with Gasteiger partial charge in [-0.25, -0.2) is 12.8 Å². The predicted octanol–water partition coefficient (Wildman–Crippen LogP) is 6.24. The molecule has 0 radical (unpaired) electrons. The standard InChI is InChI=1S/C27H26Cl2FN3O3S/c1-5-10-32-23(21-7-6-8-24(26(21)30)37(4,35)36)9-11-33-18(3)13-22(25(29)27(33)34)17(2)12-19-14-20(28)16-31-15-19/h5-11,13-17H,12H2,1-4H3/b10-5+,11-9+,32-23-. The van der Waals surface area contributed by atoms with Gasteiger partial charge in [-0.05, 0) is 67.7 Å². The van der Waals surface area contributed by atoms with Crippen LogP contribution in [0.4, 0.5) is 4.39 Å². The molecule has 0 bridgehead atoms. The number of benzene rings is 1. The minimum atomic E-state index is -3.79. The number of aromatic nitrogens is 2. The van der Waals surface area contributed by atoms with Gasteiger partial charge in [0.15, 0.2) is 15.7 Å². The molecule has 0 saturated heterocycles. The van der Waals surface area contributed by atoms with Gasteiger partial charge in [-0.2, -0.15) is 0 Å². The van der Waals surface area contributed by atoms with Gasteiger partial charge in [0.1, 0.15) is 9.92 Å². The summed E-state index contributed by atoms with van der Waals surface area (Å²) in [5, 5.41) is 0.594. The lowest BCUT2D eigenvalue weighted by Gasteiger charge is -2.16. The van der Waals surface area contributed by atoms with Gasteiger partial charge in [0.2, 0.25) is 0 Å². The molecule has 0 aliphatic heterocycles. The van der Waals surface area contributed by atoms with Crippen molar-refractivity contribution in [1.82, 2.24) is 9.55 Å². The third-order valence-electron chi connectivity index (χ3n) is 5.62. The molecule has 1 atom stereocenters. The van der Waals surface area contributed by atoms with Crippen LogP contribution >= 0.6 is 23.2 Å². The van der Waals surface area contributed by atoms with Crippen molar-refractivity contribution >= 4 is 45.0 Å². The van der Waals surface area contributed by atoms with Crippen LogP contribution in [0.2, 0.25) is 10.0 Å². The summed E-state index contributed by atoms with van der Waals surface area (Å²) < 4.78 is 40.4. The third kappa shape index (κ3) is 6.83. The average Bonchev–Trinajstić information content (AvgIpc) is 2.82. The van der Waals surface area contributed by atoms with E-state index in [1.54, 1.807) is 32.3 Å². The number of hydrogen-bond acceptors (Lipinski definition) is 5. The second-order valence-corrected chi connectivity index (χ2v) is 11.3. The zero-order valence-electron chi connectivity index (χ0n) is 20.7. The Labute approximate surface area is 225 Å². The number of aliphatic imine (C=N–C) groups is 1. The molecule has 1 aromatic carbocycles.